The highest BCUT2D eigenvalue weighted by molar-refractivity contribution is 6.42. The van der Waals surface area contributed by atoms with Gasteiger partial charge in [0.25, 0.3) is 5.91 Å². The van der Waals surface area contributed by atoms with E-state index in [1.165, 1.54) is 42.5 Å². The lowest BCUT2D eigenvalue weighted by atomic mass is 9.87. The van der Waals surface area contributed by atoms with Gasteiger partial charge in [0.2, 0.25) is 0 Å². The number of hydrogen-bond donors (Lipinski definition) is 1. The average molecular weight is 409 g/mol. The van der Waals surface area contributed by atoms with E-state index < -0.39 is 35.6 Å². The molecule has 3 amide bonds. The zero-order chi connectivity index (χ0) is 19.8. The molecule has 0 aliphatic carbocycles. The fourth-order valence-electron chi connectivity index (χ4n) is 3.05. The highest BCUT2D eigenvalue weighted by atomic mass is 35.5. The number of carbonyl (C=O) groups is 3. The number of halogens is 3. The van der Waals surface area contributed by atoms with Crippen LogP contribution in [-0.4, -0.2) is 29.2 Å². The summed E-state index contributed by atoms with van der Waals surface area (Å²) in [5.74, 6) is -1.47. The molecule has 8 heteroatoms. The fourth-order valence-corrected chi connectivity index (χ4v) is 3.35. The van der Waals surface area contributed by atoms with Crippen molar-refractivity contribution in [1.82, 2.24) is 10.2 Å². The molecule has 0 radical (unpaired) electrons. The minimum Gasteiger partial charge on any atom is -0.319 e. The number of imide groups is 1. The van der Waals surface area contributed by atoms with Crippen LogP contribution in [0, 0.1) is 5.82 Å². The first-order valence-electron chi connectivity index (χ1n) is 8.17. The van der Waals surface area contributed by atoms with E-state index in [4.69, 9.17) is 23.2 Å². The van der Waals surface area contributed by atoms with Crippen LogP contribution in [-0.2, 0) is 10.3 Å². The Kier molecular flexibility index (Phi) is 5.22. The molecule has 0 saturated carbocycles. The quantitative estimate of drug-likeness (QED) is 0.596. The van der Waals surface area contributed by atoms with Crippen molar-refractivity contribution in [3.63, 3.8) is 0 Å². The molecule has 0 bridgehead atoms. The van der Waals surface area contributed by atoms with Crippen LogP contribution in [0.3, 0.4) is 0 Å². The Morgan fingerprint density at radius 2 is 1.78 bits per heavy atom. The van der Waals surface area contributed by atoms with Gasteiger partial charge in [-0.1, -0.05) is 42.3 Å². The number of amides is 3. The van der Waals surface area contributed by atoms with Gasteiger partial charge in [0, 0.05) is 5.56 Å². The van der Waals surface area contributed by atoms with Crippen molar-refractivity contribution in [2.75, 3.05) is 6.54 Å². The number of nitrogens with zero attached hydrogens (tertiary/aromatic N) is 1. The summed E-state index contributed by atoms with van der Waals surface area (Å²) in [4.78, 5) is 38.8. The molecule has 0 aromatic heterocycles. The molecule has 1 unspecified atom stereocenters. The zero-order valence-electron chi connectivity index (χ0n) is 14.3. The molecule has 0 spiro atoms. The van der Waals surface area contributed by atoms with Crippen molar-refractivity contribution in [2.45, 2.75) is 18.9 Å². The SMILES string of the molecule is CCC1(c2ccc(F)cc2)NC(=O)N(CC(=O)c2ccc(Cl)c(Cl)c2)C1=O. The Bertz CT molecular complexity index is 933. The first-order chi connectivity index (χ1) is 12.8. The standard InChI is InChI=1S/C19H15Cl2FN2O3/c1-2-19(12-4-6-13(22)7-5-12)17(26)24(18(27)23-19)10-16(25)11-3-8-14(20)15(21)9-11/h3-9H,2,10H2,1H3,(H,23,27). The molecule has 1 atom stereocenters. The molecule has 1 heterocycles. The third-order valence-corrected chi connectivity index (χ3v) is 5.33. The molecule has 2 aromatic carbocycles. The number of rotatable bonds is 5. The van der Waals surface area contributed by atoms with Crippen LogP contribution >= 0.6 is 23.2 Å². The van der Waals surface area contributed by atoms with Crippen molar-refractivity contribution in [3.05, 3.63) is 69.5 Å². The van der Waals surface area contributed by atoms with Crippen LogP contribution < -0.4 is 5.32 Å². The van der Waals surface area contributed by atoms with Gasteiger partial charge in [-0.2, -0.15) is 0 Å². The topological polar surface area (TPSA) is 66.5 Å². The lowest BCUT2D eigenvalue weighted by molar-refractivity contribution is -0.131. The summed E-state index contributed by atoms with van der Waals surface area (Å²) in [6.07, 6.45) is 0.251. The molecule has 3 rings (SSSR count). The second-order valence-electron chi connectivity index (χ2n) is 6.14. The van der Waals surface area contributed by atoms with Gasteiger partial charge in [-0.15, -0.1) is 0 Å². The highest BCUT2D eigenvalue weighted by Gasteiger charge is 2.51. The third-order valence-electron chi connectivity index (χ3n) is 4.59. The maximum absolute atomic E-state index is 13.2. The predicted octanol–water partition coefficient (Wildman–Crippen LogP) is 4.17. The monoisotopic (exact) mass is 408 g/mol. The van der Waals surface area contributed by atoms with E-state index in [0.29, 0.717) is 10.6 Å². The van der Waals surface area contributed by atoms with Crippen molar-refractivity contribution in [1.29, 1.82) is 0 Å². The number of ketones is 1. The minimum atomic E-state index is -1.33. The van der Waals surface area contributed by atoms with Crippen LogP contribution in [0.4, 0.5) is 9.18 Å². The molecule has 2 aromatic rings. The zero-order valence-corrected chi connectivity index (χ0v) is 15.8. The Balaban J connectivity index is 1.87. The van der Waals surface area contributed by atoms with E-state index in [2.05, 4.69) is 5.32 Å². The summed E-state index contributed by atoms with van der Waals surface area (Å²) >= 11 is 11.8. The normalized spacial score (nSPS) is 19.3. The molecule has 27 heavy (non-hydrogen) atoms. The molecular weight excluding hydrogens is 394 g/mol. The van der Waals surface area contributed by atoms with Gasteiger partial charge in [-0.25, -0.2) is 9.18 Å². The van der Waals surface area contributed by atoms with Gasteiger partial charge < -0.3 is 5.32 Å². The Morgan fingerprint density at radius 1 is 1.11 bits per heavy atom. The summed E-state index contributed by atoms with van der Waals surface area (Å²) in [6.45, 7) is 1.29. The van der Waals surface area contributed by atoms with E-state index in [9.17, 15) is 18.8 Å². The Labute approximate surface area is 165 Å². The molecule has 140 valence electrons. The van der Waals surface area contributed by atoms with Crippen molar-refractivity contribution >= 4 is 40.9 Å². The predicted molar refractivity (Wildman–Crippen MR) is 99.4 cm³/mol. The van der Waals surface area contributed by atoms with Crippen molar-refractivity contribution < 1.29 is 18.8 Å². The number of Topliss-reactive ketones (excluding diaryl/α,β-unsaturated/α-hetero) is 1. The minimum absolute atomic E-state index is 0.203. The van der Waals surface area contributed by atoms with Crippen LogP contribution in [0.25, 0.3) is 0 Å². The number of hydrogen-bond acceptors (Lipinski definition) is 3. The van der Waals surface area contributed by atoms with Crippen LogP contribution in [0.2, 0.25) is 10.0 Å². The summed E-state index contributed by atoms with van der Waals surface area (Å²) < 4.78 is 13.2. The Hall–Kier alpha value is -2.44. The van der Waals surface area contributed by atoms with E-state index >= 15 is 0 Å². The lowest BCUT2D eigenvalue weighted by Crippen LogP contribution is -2.43. The number of urea groups is 1. The van der Waals surface area contributed by atoms with E-state index in [-0.39, 0.29) is 17.0 Å². The van der Waals surface area contributed by atoms with Gasteiger partial charge in [0.1, 0.15) is 11.4 Å². The molecule has 1 aliphatic heterocycles. The van der Waals surface area contributed by atoms with Crippen LogP contribution in [0.5, 0.6) is 0 Å². The fraction of sp³-hybridized carbons (Fsp3) is 0.211. The van der Waals surface area contributed by atoms with Gasteiger partial charge in [0.05, 0.1) is 16.6 Å². The van der Waals surface area contributed by atoms with Gasteiger partial charge in [0.15, 0.2) is 5.78 Å². The number of benzene rings is 2. The molecule has 5 nitrogen and oxygen atoms in total. The van der Waals surface area contributed by atoms with Crippen molar-refractivity contribution in [2.24, 2.45) is 0 Å². The molecule has 1 saturated heterocycles. The van der Waals surface area contributed by atoms with E-state index in [1.54, 1.807) is 6.92 Å². The second kappa shape index (κ2) is 7.29. The largest absolute Gasteiger partial charge is 0.325 e. The van der Waals surface area contributed by atoms with Gasteiger partial charge in [-0.05, 0) is 42.3 Å². The van der Waals surface area contributed by atoms with Crippen LogP contribution in [0.1, 0.15) is 29.3 Å². The van der Waals surface area contributed by atoms with Gasteiger partial charge >= 0.3 is 6.03 Å². The molecular formula is C19H15Cl2FN2O3. The maximum atomic E-state index is 13.2. The second-order valence-corrected chi connectivity index (χ2v) is 6.95. The van der Waals surface area contributed by atoms with Gasteiger partial charge in [-0.3, -0.25) is 14.5 Å². The average Bonchev–Trinajstić information content (AvgIpc) is 2.89. The van der Waals surface area contributed by atoms with E-state index in [1.807, 2.05) is 0 Å². The van der Waals surface area contributed by atoms with Crippen molar-refractivity contribution in [3.8, 4) is 0 Å². The first-order valence-corrected chi connectivity index (χ1v) is 8.92. The number of carbonyl (C=O) groups excluding carboxylic acids is 3. The molecule has 1 N–H and O–H groups in total. The summed E-state index contributed by atoms with van der Waals surface area (Å²) in [5, 5.41) is 3.14. The Morgan fingerprint density at radius 3 is 2.37 bits per heavy atom. The maximum Gasteiger partial charge on any atom is 0.325 e. The molecule has 1 fully saturated rings. The summed E-state index contributed by atoms with van der Waals surface area (Å²) in [6, 6.07) is 8.98. The van der Waals surface area contributed by atoms with Crippen LogP contribution in [0.15, 0.2) is 42.5 Å². The number of nitrogens with one attached hydrogen (secondary N) is 1. The lowest BCUT2D eigenvalue weighted by Gasteiger charge is -2.25. The highest BCUT2D eigenvalue weighted by Crippen LogP contribution is 2.33. The third kappa shape index (κ3) is 3.42. The summed E-state index contributed by atoms with van der Waals surface area (Å²) in [7, 11) is 0. The summed E-state index contributed by atoms with van der Waals surface area (Å²) in [5.41, 5.74) is -0.641. The first kappa shape index (κ1) is 19.3. The smallest absolute Gasteiger partial charge is 0.319 e. The molecule has 1 aliphatic rings. The van der Waals surface area contributed by atoms with E-state index in [0.717, 1.165) is 4.90 Å².